The third kappa shape index (κ3) is 4.00. The molecule has 2 saturated heterocycles. The minimum atomic E-state index is -4.68. The van der Waals surface area contributed by atoms with Crippen LogP contribution in [-0.4, -0.2) is 56.6 Å². The van der Waals surface area contributed by atoms with Crippen molar-refractivity contribution in [2.45, 2.75) is 37.6 Å². The summed E-state index contributed by atoms with van der Waals surface area (Å²) in [5.74, 6) is 0.699. The second-order valence-electron chi connectivity index (χ2n) is 7.70. The fourth-order valence-corrected chi connectivity index (χ4v) is 4.25. The molecule has 8 heteroatoms. The monoisotopic (exact) mass is 383 g/mol. The zero-order chi connectivity index (χ0) is 19.1. The minimum absolute atomic E-state index is 0.00771. The van der Waals surface area contributed by atoms with Gasteiger partial charge in [-0.3, -0.25) is 4.99 Å². The number of hydrogen-bond acceptors (Lipinski definition) is 3. The van der Waals surface area contributed by atoms with Crippen molar-refractivity contribution in [1.29, 1.82) is 0 Å². The lowest BCUT2D eigenvalue weighted by Gasteiger charge is -2.25. The number of aliphatic imine (C=N–C) groups is 1. The zero-order valence-electron chi connectivity index (χ0n) is 15.3. The molecule has 3 aliphatic rings. The molecule has 2 aliphatic heterocycles. The van der Waals surface area contributed by atoms with Crippen molar-refractivity contribution >= 4 is 5.96 Å². The highest BCUT2D eigenvalue weighted by Crippen LogP contribution is 2.46. The molecule has 3 atom stereocenters. The highest BCUT2D eigenvalue weighted by atomic mass is 19.4. The highest BCUT2D eigenvalue weighted by Gasteiger charge is 2.45. The molecule has 3 fully saturated rings. The molecule has 1 aromatic rings. The van der Waals surface area contributed by atoms with Gasteiger partial charge in [-0.1, -0.05) is 18.2 Å². The van der Waals surface area contributed by atoms with Crippen LogP contribution in [0.3, 0.4) is 0 Å². The molecule has 5 nitrogen and oxygen atoms in total. The number of halogens is 3. The average molecular weight is 383 g/mol. The number of guanidine groups is 1. The lowest BCUT2D eigenvalue weighted by atomic mass is 9.87. The van der Waals surface area contributed by atoms with Crippen LogP contribution in [0.25, 0.3) is 0 Å². The van der Waals surface area contributed by atoms with Crippen molar-refractivity contribution in [2.24, 2.45) is 10.4 Å². The SMILES string of the molecule is CN=C(NC1CC1c1ccccc1OC(F)(F)F)N1CCC2(CCOC2)C1. The van der Waals surface area contributed by atoms with Crippen LogP contribution in [-0.2, 0) is 4.74 Å². The average Bonchev–Trinajstić information content (AvgIpc) is 3.03. The number of rotatable bonds is 3. The lowest BCUT2D eigenvalue weighted by Crippen LogP contribution is -2.42. The Kier molecular flexibility index (Phi) is 4.70. The number of para-hydroxylation sites is 1. The van der Waals surface area contributed by atoms with E-state index in [0.717, 1.165) is 51.5 Å². The largest absolute Gasteiger partial charge is 0.573 e. The molecule has 1 spiro atoms. The number of benzene rings is 1. The molecular formula is C19H24F3N3O2. The Bertz CT molecular complexity index is 716. The van der Waals surface area contributed by atoms with E-state index < -0.39 is 6.36 Å². The summed E-state index contributed by atoms with van der Waals surface area (Å²) < 4.78 is 47.7. The molecule has 1 N–H and O–H groups in total. The maximum atomic E-state index is 12.6. The molecule has 2 heterocycles. The summed E-state index contributed by atoms with van der Waals surface area (Å²) in [6, 6.07) is 6.45. The van der Waals surface area contributed by atoms with Gasteiger partial charge in [0.15, 0.2) is 5.96 Å². The normalized spacial score (nSPS) is 30.8. The van der Waals surface area contributed by atoms with Crippen LogP contribution in [0.4, 0.5) is 13.2 Å². The van der Waals surface area contributed by atoms with Gasteiger partial charge in [0, 0.05) is 44.1 Å². The van der Waals surface area contributed by atoms with E-state index in [2.05, 4.69) is 19.9 Å². The van der Waals surface area contributed by atoms with Gasteiger partial charge in [0.1, 0.15) is 5.75 Å². The van der Waals surface area contributed by atoms with Crippen LogP contribution in [0, 0.1) is 5.41 Å². The van der Waals surface area contributed by atoms with Crippen molar-refractivity contribution < 1.29 is 22.6 Å². The van der Waals surface area contributed by atoms with Gasteiger partial charge in [0.05, 0.1) is 6.61 Å². The molecular weight excluding hydrogens is 359 g/mol. The molecule has 1 saturated carbocycles. The highest BCUT2D eigenvalue weighted by molar-refractivity contribution is 5.81. The van der Waals surface area contributed by atoms with Gasteiger partial charge in [-0.15, -0.1) is 13.2 Å². The van der Waals surface area contributed by atoms with Gasteiger partial charge >= 0.3 is 6.36 Å². The first kappa shape index (κ1) is 18.4. The van der Waals surface area contributed by atoms with Crippen LogP contribution in [0.5, 0.6) is 5.75 Å². The van der Waals surface area contributed by atoms with Crippen LogP contribution < -0.4 is 10.1 Å². The fourth-order valence-electron chi connectivity index (χ4n) is 4.25. The number of alkyl halides is 3. The molecule has 0 amide bonds. The Morgan fingerprint density at radius 2 is 2.15 bits per heavy atom. The van der Waals surface area contributed by atoms with Crippen molar-refractivity contribution in [2.75, 3.05) is 33.4 Å². The summed E-state index contributed by atoms with van der Waals surface area (Å²) in [6.07, 6.45) is -1.75. The number of hydrogen-bond donors (Lipinski definition) is 1. The molecule has 148 valence electrons. The Hall–Kier alpha value is -1.96. The third-order valence-electron chi connectivity index (χ3n) is 5.78. The fraction of sp³-hybridized carbons (Fsp3) is 0.632. The number of likely N-dealkylation sites (tertiary alicyclic amines) is 1. The van der Waals surface area contributed by atoms with Crippen LogP contribution in [0.15, 0.2) is 29.3 Å². The van der Waals surface area contributed by atoms with E-state index in [9.17, 15) is 13.2 Å². The van der Waals surface area contributed by atoms with Gasteiger partial charge in [0.2, 0.25) is 0 Å². The Balaban J connectivity index is 1.39. The quantitative estimate of drug-likeness (QED) is 0.644. The molecule has 0 radical (unpaired) electrons. The minimum Gasteiger partial charge on any atom is -0.405 e. The van der Waals surface area contributed by atoms with Crippen LogP contribution >= 0.6 is 0 Å². The summed E-state index contributed by atoms with van der Waals surface area (Å²) in [7, 11) is 1.75. The van der Waals surface area contributed by atoms with E-state index in [1.807, 2.05) is 0 Å². The van der Waals surface area contributed by atoms with Crippen molar-refractivity contribution in [3.63, 3.8) is 0 Å². The first-order valence-electron chi connectivity index (χ1n) is 9.30. The first-order valence-corrected chi connectivity index (χ1v) is 9.30. The molecule has 0 aromatic heterocycles. The Labute approximate surface area is 156 Å². The van der Waals surface area contributed by atoms with Crippen LogP contribution in [0.1, 0.15) is 30.7 Å². The van der Waals surface area contributed by atoms with E-state index in [4.69, 9.17) is 4.74 Å². The van der Waals surface area contributed by atoms with Gasteiger partial charge in [-0.25, -0.2) is 0 Å². The number of nitrogens with zero attached hydrogens (tertiary/aromatic N) is 2. The molecule has 4 rings (SSSR count). The third-order valence-corrected chi connectivity index (χ3v) is 5.78. The first-order chi connectivity index (χ1) is 12.9. The standard InChI is InChI=1S/C19H24F3N3O2/c1-23-17(25-8-6-18(11-25)7-9-26-12-18)24-15-10-14(15)13-4-2-3-5-16(13)27-19(20,21)22/h2-5,14-15H,6-12H2,1H3,(H,23,24). The van der Waals surface area contributed by atoms with Crippen LogP contribution in [0.2, 0.25) is 0 Å². The van der Waals surface area contributed by atoms with Gasteiger partial charge in [-0.05, 0) is 30.9 Å². The van der Waals surface area contributed by atoms with E-state index in [-0.39, 0.29) is 23.1 Å². The van der Waals surface area contributed by atoms with Gasteiger partial charge in [-0.2, -0.15) is 0 Å². The van der Waals surface area contributed by atoms with Gasteiger partial charge < -0.3 is 19.7 Å². The zero-order valence-corrected chi connectivity index (χ0v) is 15.3. The van der Waals surface area contributed by atoms with E-state index in [1.54, 1.807) is 25.2 Å². The van der Waals surface area contributed by atoms with E-state index in [0.29, 0.717) is 5.56 Å². The van der Waals surface area contributed by atoms with Gasteiger partial charge in [0.25, 0.3) is 0 Å². The molecule has 27 heavy (non-hydrogen) atoms. The van der Waals surface area contributed by atoms with Crippen molar-refractivity contribution in [3.05, 3.63) is 29.8 Å². The second-order valence-corrected chi connectivity index (χ2v) is 7.70. The smallest absolute Gasteiger partial charge is 0.405 e. The van der Waals surface area contributed by atoms with Crippen molar-refractivity contribution in [1.82, 2.24) is 10.2 Å². The summed E-state index contributed by atoms with van der Waals surface area (Å²) in [4.78, 5) is 6.63. The van der Waals surface area contributed by atoms with E-state index in [1.165, 1.54) is 6.07 Å². The molecule has 1 aromatic carbocycles. The Morgan fingerprint density at radius 1 is 1.33 bits per heavy atom. The molecule has 1 aliphatic carbocycles. The summed E-state index contributed by atoms with van der Waals surface area (Å²) in [5, 5.41) is 3.43. The summed E-state index contributed by atoms with van der Waals surface area (Å²) in [6.45, 7) is 3.46. The second kappa shape index (κ2) is 6.89. The topological polar surface area (TPSA) is 46.1 Å². The predicted octanol–water partition coefficient (Wildman–Crippen LogP) is 3.13. The van der Waals surface area contributed by atoms with Crippen molar-refractivity contribution in [3.8, 4) is 5.75 Å². The maximum Gasteiger partial charge on any atom is 0.573 e. The summed E-state index contributed by atoms with van der Waals surface area (Å²) >= 11 is 0. The molecule has 0 bridgehead atoms. The predicted molar refractivity (Wildman–Crippen MR) is 94.8 cm³/mol. The Morgan fingerprint density at radius 3 is 2.85 bits per heavy atom. The number of ether oxygens (including phenoxy) is 2. The maximum absolute atomic E-state index is 12.6. The van der Waals surface area contributed by atoms with E-state index >= 15 is 0 Å². The number of nitrogens with one attached hydrogen (secondary N) is 1. The molecule has 3 unspecified atom stereocenters. The lowest BCUT2D eigenvalue weighted by molar-refractivity contribution is -0.274. The summed E-state index contributed by atoms with van der Waals surface area (Å²) in [5.41, 5.74) is 0.818.